The number of methoxy groups -OCH3 is 2. The van der Waals surface area contributed by atoms with Crippen molar-refractivity contribution in [1.82, 2.24) is 15.2 Å². The summed E-state index contributed by atoms with van der Waals surface area (Å²) in [5.41, 5.74) is 3.17. The first-order chi connectivity index (χ1) is 17.9. The van der Waals surface area contributed by atoms with Gasteiger partial charge in [-0.05, 0) is 54.6 Å². The maximum atomic E-state index is 13.2. The number of anilines is 1. The number of aliphatic carboxylic acids is 1. The van der Waals surface area contributed by atoms with Gasteiger partial charge < -0.3 is 35.2 Å². The first kappa shape index (κ1) is 27.9. The highest BCUT2D eigenvalue weighted by atomic mass is 16.5. The van der Waals surface area contributed by atoms with Crippen molar-refractivity contribution in [2.24, 2.45) is 0 Å². The fourth-order valence-electron chi connectivity index (χ4n) is 4.12. The summed E-state index contributed by atoms with van der Waals surface area (Å²) < 4.78 is 10.7. The zero-order chi connectivity index (χ0) is 26.4. The van der Waals surface area contributed by atoms with E-state index in [0.29, 0.717) is 54.6 Å². The van der Waals surface area contributed by atoms with Crippen LogP contribution < -0.4 is 19.7 Å². The molecule has 4 N–H and O–H groups in total. The van der Waals surface area contributed by atoms with Crippen molar-refractivity contribution < 1.29 is 34.4 Å². The summed E-state index contributed by atoms with van der Waals surface area (Å²) in [6, 6.07) is 17.8. The van der Waals surface area contributed by atoms with Crippen molar-refractivity contribution in [2.75, 3.05) is 51.8 Å². The van der Waals surface area contributed by atoms with Crippen LogP contribution in [0.25, 0.3) is 11.3 Å². The van der Waals surface area contributed by atoms with Crippen LogP contribution in [0.3, 0.4) is 0 Å². The van der Waals surface area contributed by atoms with Crippen LogP contribution in [0.1, 0.15) is 20.8 Å². The molecule has 1 fully saturated rings. The number of carbonyl (C=O) groups excluding carboxylic acids is 2. The SMILES string of the molecule is COc1ccc(-c2cccc(C(=O)N3CCN(c4ccc(C(=O)NCC(=O)O)cc4)CC3)n2)cc1OC.O. The van der Waals surface area contributed by atoms with Crippen LogP contribution in [0, 0.1) is 0 Å². The molecule has 1 saturated heterocycles. The molecule has 0 unspecified atom stereocenters. The van der Waals surface area contributed by atoms with Crippen molar-refractivity contribution in [3.05, 3.63) is 71.9 Å². The maximum Gasteiger partial charge on any atom is 0.322 e. The lowest BCUT2D eigenvalue weighted by Gasteiger charge is -2.36. The number of piperazine rings is 1. The van der Waals surface area contributed by atoms with Crippen molar-refractivity contribution in [3.63, 3.8) is 0 Å². The molecule has 2 heterocycles. The standard InChI is InChI=1S/C27H28N4O6.H2O/c1-36-23-11-8-19(16-24(23)37-2)21-4-3-5-22(29-21)27(35)31-14-12-30(13-15-31)20-9-6-18(7-10-20)26(34)28-17-25(32)33;/h3-11,16H,12-15,17H2,1-2H3,(H,28,34)(H,32,33);1H2. The van der Waals surface area contributed by atoms with Gasteiger partial charge in [0.2, 0.25) is 0 Å². The van der Waals surface area contributed by atoms with E-state index in [4.69, 9.17) is 14.6 Å². The van der Waals surface area contributed by atoms with Gasteiger partial charge in [-0.3, -0.25) is 14.4 Å². The van der Waals surface area contributed by atoms with Gasteiger partial charge in [0.25, 0.3) is 11.8 Å². The molecule has 1 aliphatic rings. The van der Waals surface area contributed by atoms with E-state index < -0.39 is 18.4 Å². The molecule has 11 nitrogen and oxygen atoms in total. The lowest BCUT2D eigenvalue weighted by Crippen LogP contribution is -2.49. The Labute approximate surface area is 219 Å². The van der Waals surface area contributed by atoms with Crippen LogP contribution in [-0.2, 0) is 4.79 Å². The summed E-state index contributed by atoms with van der Waals surface area (Å²) in [5, 5.41) is 11.0. The number of nitrogens with one attached hydrogen (secondary N) is 1. The molecule has 0 spiro atoms. The van der Waals surface area contributed by atoms with E-state index in [2.05, 4.69) is 15.2 Å². The fourth-order valence-corrected chi connectivity index (χ4v) is 4.12. The molecular weight excluding hydrogens is 492 g/mol. The number of benzene rings is 2. The zero-order valence-electron chi connectivity index (χ0n) is 21.1. The fraction of sp³-hybridized carbons (Fsp3) is 0.259. The first-order valence-corrected chi connectivity index (χ1v) is 11.7. The second-order valence-electron chi connectivity index (χ2n) is 8.38. The number of amides is 2. The molecule has 2 amide bonds. The second-order valence-corrected chi connectivity index (χ2v) is 8.38. The summed E-state index contributed by atoms with van der Waals surface area (Å²) in [6.07, 6.45) is 0. The number of nitrogens with zero attached hydrogens (tertiary/aromatic N) is 3. The Morgan fingerprint density at radius 2 is 1.61 bits per heavy atom. The Morgan fingerprint density at radius 1 is 0.921 bits per heavy atom. The Kier molecular flexibility index (Phi) is 9.23. The zero-order valence-corrected chi connectivity index (χ0v) is 21.1. The predicted molar refractivity (Wildman–Crippen MR) is 141 cm³/mol. The minimum Gasteiger partial charge on any atom is -0.493 e. The molecule has 4 rings (SSSR count). The van der Waals surface area contributed by atoms with Gasteiger partial charge in [-0.15, -0.1) is 0 Å². The number of carboxylic acid groups (broad SMARTS) is 1. The molecule has 0 radical (unpaired) electrons. The van der Waals surface area contributed by atoms with E-state index in [9.17, 15) is 14.4 Å². The molecule has 11 heteroatoms. The van der Waals surface area contributed by atoms with Crippen LogP contribution in [0.4, 0.5) is 5.69 Å². The topological polar surface area (TPSA) is 153 Å². The normalized spacial score (nSPS) is 12.8. The molecule has 1 aliphatic heterocycles. The number of ether oxygens (including phenoxy) is 2. The number of carboxylic acids is 1. The van der Waals surface area contributed by atoms with Crippen LogP contribution in [0.2, 0.25) is 0 Å². The summed E-state index contributed by atoms with van der Waals surface area (Å²) in [7, 11) is 3.15. The lowest BCUT2D eigenvalue weighted by molar-refractivity contribution is -0.135. The van der Waals surface area contributed by atoms with Crippen LogP contribution in [0.5, 0.6) is 11.5 Å². The highest BCUT2D eigenvalue weighted by Crippen LogP contribution is 2.31. The van der Waals surface area contributed by atoms with E-state index in [0.717, 1.165) is 11.3 Å². The minimum atomic E-state index is -1.10. The third kappa shape index (κ3) is 6.37. The number of pyridine rings is 1. The molecule has 0 bridgehead atoms. The Morgan fingerprint density at radius 3 is 2.24 bits per heavy atom. The Bertz CT molecular complexity index is 1290. The van der Waals surface area contributed by atoms with Crippen molar-refractivity contribution in [2.45, 2.75) is 0 Å². The number of aromatic nitrogens is 1. The van der Waals surface area contributed by atoms with E-state index >= 15 is 0 Å². The summed E-state index contributed by atoms with van der Waals surface area (Å²) in [4.78, 5) is 44.4. The Balaban J connectivity index is 0.00000400. The molecule has 0 aliphatic carbocycles. The summed E-state index contributed by atoms with van der Waals surface area (Å²) in [6.45, 7) is 1.89. The molecule has 38 heavy (non-hydrogen) atoms. The van der Waals surface area contributed by atoms with Crippen molar-refractivity contribution in [1.29, 1.82) is 0 Å². The molecule has 200 valence electrons. The van der Waals surface area contributed by atoms with Crippen LogP contribution in [-0.4, -0.2) is 85.2 Å². The minimum absolute atomic E-state index is 0. The average molecular weight is 523 g/mol. The largest absolute Gasteiger partial charge is 0.493 e. The van der Waals surface area contributed by atoms with Gasteiger partial charge in [-0.2, -0.15) is 0 Å². The smallest absolute Gasteiger partial charge is 0.322 e. The maximum absolute atomic E-state index is 13.2. The molecule has 1 aromatic heterocycles. The van der Waals surface area contributed by atoms with Gasteiger partial charge in [0, 0.05) is 43.0 Å². The van der Waals surface area contributed by atoms with Crippen molar-refractivity contribution >= 4 is 23.5 Å². The summed E-state index contributed by atoms with van der Waals surface area (Å²) >= 11 is 0. The van der Waals surface area contributed by atoms with E-state index in [-0.39, 0.29) is 11.4 Å². The third-order valence-corrected chi connectivity index (χ3v) is 6.11. The number of hydrogen-bond donors (Lipinski definition) is 2. The number of rotatable bonds is 8. The van der Waals surface area contributed by atoms with Crippen LogP contribution >= 0.6 is 0 Å². The van der Waals surface area contributed by atoms with E-state index in [1.807, 2.05) is 36.4 Å². The average Bonchev–Trinajstić information content (AvgIpc) is 2.95. The van der Waals surface area contributed by atoms with Gasteiger partial charge in [0.1, 0.15) is 12.2 Å². The summed E-state index contributed by atoms with van der Waals surface area (Å²) in [5.74, 6) is -0.462. The van der Waals surface area contributed by atoms with Crippen LogP contribution in [0.15, 0.2) is 60.7 Å². The van der Waals surface area contributed by atoms with Gasteiger partial charge in [0.15, 0.2) is 11.5 Å². The predicted octanol–water partition coefficient (Wildman–Crippen LogP) is 1.72. The number of carbonyl (C=O) groups is 3. The Hall–Kier alpha value is -4.64. The molecule has 0 atom stereocenters. The molecule has 2 aromatic carbocycles. The molecule has 3 aromatic rings. The number of hydrogen-bond acceptors (Lipinski definition) is 7. The van der Waals surface area contributed by atoms with Gasteiger partial charge >= 0.3 is 5.97 Å². The third-order valence-electron chi connectivity index (χ3n) is 6.11. The van der Waals surface area contributed by atoms with E-state index in [1.54, 1.807) is 43.4 Å². The first-order valence-electron chi connectivity index (χ1n) is 11.7. The quantitative estimate of drug-likeness (QED) is 0.454. The van der Waals surface area contributed by atoms with Gasteiger partial charge in [0.05, 0.1) is 19.9 Å². The molecule has 0 saturated carbocycles. The second kappa shape index (κ2) is 12.5. The highest BCUT2D eigenvalue weighted by molar-refractivity contribution is 5.96. The molecular formula is C27H30N4O7. The van der Waals surface area contributed by atoms with Crippen molar-refractivity contribution in [3.8, 4) is 22.8 Å². The van der Waals surface area contributed by atoms with E-state index in [1.165, 1.54) is 0 Å². The highest BCUT2D eigenvalue weighted by Gasteiger charge is 2.24. The van der Waals surface area contributed by atoms with Gasteiger partial charge in [-0.1, -0.05) is 6.07 Å². The van der Waals surface area contributed by atoms with Gasteiger partial charge in [-0.25, -0.2) is 4.98 Å². The monoisotopic (exact) mass is 522 g/mol. The lowest BCUT2D eigenvalue weighted by atomic mass is 10.1.